The fraction of sp³-hybridized carbons (Fsp3) is 0.185. The van der Waals surface area contributed by atoms with Crippen molar-refractivity contribution < 1.29 is 4.92 Å². The molecule has 5 rings (SSSR count). The van der Waals surface area contributed by atoms with Crippen LogP contribution in [0.2, 0.25) is 0 Å². The summed E-state index contributed by atoms with van der Waals surface area (Å²) in [6.45, 7) is 4.33. The van der Waals surface area contributed by atoms with Gasteiger partial charge in [0.25, 0.3) is 5.69 Å². The molecule has 1 fully saturated rings. The van der Waals surface area contributed by atoms with E-state index in [1.165, 1.54) is 12.1 Å². The number of nitro benzene ring substituents is 1. The molecule has 182 valence electrons. The van der Waals surface area contributed by atoms with Crippen molar-refractivity contribution >= 4 is 40.5 Å². The highest BCUT2D eigenvalue weighted by Gasteiger charge is 2.41. The summed E-state index contributed by atoms with van der Waals surface area (Å²) in [6, 6.07) is 23.1. The van der Waals surface area contributed by atoms with Crippen LogP contribution in [-0.2, 0) is 0 Å². The van der Waals surface area contributed by atoms with Gasteiger partial charge < -0.3 is 14.8 Å². The number of anilines is 1. The molecule has 2 atom stereocenters. The number of pyridine rings is 1. The topological polar surface area (TPSA) is 76.2 Å². The van der Waals surface area contributed by atoms with E-state index in [4.69, 9.17) is 12.2 Å². The molecule has 2 aromatic carbocycles. The molecule has 3 heterocycles. The molecule has 0 unspecified atom stereocenters. The Balaban J connectivity index is 1.44. The van der Waals surface area contributed by atoms with Crippen molar-refractivity contribution in [3.63, 3.8) is 0 Å². The summed E-state index contributed by atoms with van der Waals surface area (Å²) in [6.07, 6.45) is 6.11. The Morgan fingerprint density at radius 2 is 1.72 bits per heavy atom. The van der Waals surface area contributed by atoms with Crippen LogP contribution in [0.5, 0.6) is 0 Å². The molecule has 1 aliphatic rings. The second-order valence-corrected chi connectivity index (χ2v) is 10.4. The average Bonchev–Trinajstić information content (AvgIpc) is 3.50. The first-order valence-corrected chi connectivity index (χ1v) is 12.8. The van der Waals surface area contributed by atoms with E-state index in [9.17, 15) is 10.1 Å². The number of aromatic nitrogens is 2. The number of nitrogens with zero attached hydrogens (tertiary/aromatic N) is 4. The number of hydrogen-bond donors (Lipinski definition) is 1. The average molecular weight is 516 g/mol. The molecule has 1 aliphatic heterocycles. The third-order valence-corrected chi connectivity index (χ3v) is 7.50. The molecule has 36 heavy (non-hydrogen) atoms. The third-order valence-electron chi connectivity index (χ3n) is 6.17. The van der Waals surface area contributed by atoms with Crippen LogP contribution in [0.1, 0.15) is 43.2 Å². The number of benzene rings is 2. The Labute approximate surface area is 219 Å². The van der Waals surface area contributed by atoms with Gasteiger partial charge >= 0.3 is 0 Å². The lowest BCUT2D eigenvalue weighted by molar-refractivity contribution is -0.384. The molecule has 0 radical (unpaired) electrons. The quantitative estimate of drug-likeness (QED) is 0.167. The summed E-state index contributed by atoms with van der Waals surface area (Å²) in [5.41, 5.74) is 3.18. The van der Waals surface area contributed by atoms with Gasteiger partial charge in [-0.15, -0.1) is 0 Å². The van der Waals surface area contributed by atoms with Gasteiger partial charge in [0.05, 0.1) is 22.7 Å². The number of hydrogen-bond acceptors (Lipinski definition) is 5. The summed E-state index contributed by atoms with van der Waals surface area (Å²) in [4.78, 5) is 19.3. The van der Waals surface area contributed by atoms with Gasteiger partial charge in [0.1, 0.15) is 0 Å². The molecule has 0 saturated carbocycles. The predicted molar refractivity (Wildman–Crippen MR) is 146 cm³/mol. The monoisotopic (exact) mass is 515 g/mol. The van der Waals surface area contributed by atoms with E-state index in [0.717, 1.165) is 26.7 Å². The Bertz CT molecular complexity index is 1370. The number of thiocarbonyl (C=S) groups is 1. The van der Waals surface area contributed by atoms with Crippen molar-refractivity contribution in [2.75, 3.05) is 4.90 Å². The maximum absolute atomic E-state index is 10.9. The van der Waals surface area contributed by atoms with Crippen LogP contribution in [0.25, 0.3) is 0 Å². The van der Waals surface area contributed by atoms with Crippen molar-refractivity contribution in [2.24, 2.45) is 0 Å². The Hall–Kier alpha value is -3.69. The molecule has 2 aromatic heterocycles. The van der Waals surface area contributed by atoms with Crippen LogP contribution in [0.3, 0.4) is 0 Å². The lowest BCUT2D eigenvalue weighted by Gasteiger charge is -2.27. The highest BCUT2D eigenvalue weighted by atomic mass is 32.2. The van der Waals surface area contributed by atoms with Crippen LogP contribution in [-0.4, -0.2) is 19.6 Å². The summed E-state index contributed by atoms with van der Waals surface area (Å²) in [5, 5.41) is 15.1. The van der Waals surface area contributed by atoms with Crippen molar-refractivity contribution in [3.05, 3.63) is 113 Å². The van der Waals surface area contributed by atoms with Crippen LogP contribution in [0.4, 0.5) is 11.4 Å². The first-order valence-electron chi connectivity index (χ1n) is 11.6. The molecular weight excluding hydrogens is 490 g/mol. The fourth-order valence-corrected chi connectivity index (χ4v) is 5.51. The van der Waals surface area contributed by atoms with Gasteiger partial charge in [-0.05, 0) is 86.2 Å². The van der Waals surface area contributed by atoms with Gasteiger partial charge in [-0.1, -0.05) is 17.8 Å². The highest BCUT2D eigenvalue weighted by Crippen LogP contribution is 2.42. The minimum Gasteiger partial charge on any atom is -0.351 e. The molecule has 0 aliphatic carbocycles. The first kappa shape index (κ1) is 24.0. The molecule has 0 amide bonds. The van der Waals surface area contributed by atoms with Gasteiger partial charge in [-0.25, -0.2) is 0 Å². The van der Waals surface area contributed by atoms with Gasteiger partial charge in [0.2, 0.25) is 0 Å². The normalized spacial score (nSPS) is 17.4. The zero-order valence-corrected chi connectivity index (χ0v) is 21.4. The van der Waals surface area contributed by atoms with Crippen molar-refractivity contribution in [3.8, 4) is 0 Å². The van der Waals surface area contributed by atoms with Gasteiger partial charge in [-0.2, -0.15) is 0 Å². The largest absolute Gasteiger partial charge is 0.351 e. The van der Waals surface area contributed by atoms with Crippen LogP contribution in [0, 0.1) is 10.1 Å². The number of nitrogens with one attached hydrogen (secondary N) is 1. The molecule has 1 N–H and O–H groups in total. The Morgan fingerprint density at radius 1 is 1.03 bits per heavy atom. The van der Waals surface area contributed by atoms with Crippen molar-refractivity contribution in [2.45, 2.75) is 41.8 Å². The molecule has 4 aromatic rings. The molecular formula is C27H25N5O2S2. The number of rotatable bonds is 7. The maximum atomic E-state index is 10.9. The van der Waals surface area contributed by atoms with Crippen LogP contribution >= 0.6 is 24.0 Å². The van der Waals surface area contributed by atoms with Crippen LogP contribution in [0.15, 0.2) is 101 Å². The van der Waals surface area contributed by atoms with Crippen LogP contribution < -0.4 is 10.2 Å². The van der Waals surface area contributed by atoms with E-state index in [-0.39, 0.29) is 22.7 Å². The van der Waals surface area contributed by atoms with Gasteiger partial charge in [0, 0.05) is 52.2 Å². The highest BCUT2D eigenvalue weighted by molar-refractivity contribution is 7.99. The molecule has 9 heteroatoms. The van der Waals surface area contributed by atoms with Gasteiger partial charge in [0.15, 0.2) is 5.11 Å². The molecule has 0 bridgehead atoms. The lowest BCUT2D eigenvalue weighted by Crippen LogP contribution is -2.29. The van der Waals surface area contributed by atoms with E-state index in [1.807, 2.05) is 24.4 Å². The predicted octanol–water partition coefficient (Wildman–Crippen LogP) is 6.70. The second kappa shape index (κ2) is 10.1. The summed E-state index contributed by atoms with van der Waals surface area (Å²) < 4.78 is 2.20. The second-order valence-electron chi connectivity index (χ2n) is 8.83. The van der Waals surface area contributed by atoms with E-state index in [0.29, 0.717) is 11.2 Å². The van der Waals surface area contributed by atoms with Crippen molar-refractivity contribution in [1.29, 1.82) is 0 Å². The third kappa shape index (κ3) is 4.84. The van der Waals surface area contributed by atoms with Crippen molar-refractivity contribution in [1.82, 2.24) is 14.9 Å². The standard InChI is InChI=1S/C27H25N5O2S2/c1-18(2)30-16-14-19(17-30)26-25(24-5-3-4-15-28-24)29-27(35)31(26)20-6-10-22(11-7-20)36-23-12-8-21(9-13-23)32(33)34/h3-18,25-26H,1-2H3,(H,29,35)/t25-,26-/m1/s1. The first-order chi connectivity index (χ1) is 17.4. The summed E-state index contributed by atoms with van der Waals surface area (Å²) in [5.74, 6) is 0. The SMILES string of the molecule is CC(C)n1ccc([C@@H]2[C@@H](c3ccccn3)NC(=S)N2c2ccc(Sc3ccc([N+](=O)[O-])cc3)cc2)c1. The molecule has 0 spiro atoms. The lowest BCUT2D eigenvalue weighted by atomic mass is 9.98. The minimum absolute atomic E-state index is 0.0550. The summed E-state index contributed by atoms with van der Waals surface area (Å²) in [7, 11) is 0. The number of non-ortho nitro benzene ring substituents is 1. The Morgan fingerprint density at radius 3 is 2.31 bits per heavy atom. The smallest absolute Gasteiger partial charge is 0.269 e. The zero-order valence-electron chi connectivity index (χ0n) is 19.8. The Kier molecular flexibility index (Phi) is 6.75. The summed E-state index contributed by atoms with van der Waals surface area (Å²) >= 11 is 7.38. The zero-order chi connectivity index (χ0) is 25.2. The fourth-order valence-electron chi connectivity index (χ4n) is 4.35. The van der Waals surface area contributed by atoms with E-state index < -0.39 is 0 Å². The maximum Gasteiger partial charge on any atom is 0.269 e. The van der Waals surface area contributed by atoms with E-state index in [2.05, 4.69) is 76.3 Å². The van der Waals surface area contributed by atoms with Gasteiger partial charge in [-0.3, -0.25) is 15.1 Å². The molecule has 1 saturated heterocycles. The minimum atomic E-state index is -0.389. The van der Waals surface area contributed by atoms with E-state index in [1.54, 1.807) is 23.9 Å². The van der Waals surface area contributed by atoms with E-state index >= 15 is 0 Å². The molecule has 7 nitrogen and oxygen atoms in total. The number of nitro groups is 1.